The molecule has 0 aliphatic heterocycles. The molecule has 0 radical (unpaired) electrons. The lowest BCUT2D eigenvalue weighted by Crippen LogP contribution is -2.43. The van der Waals surface area contributed by atoms with E-state index < -0.39 is 0 Å². The summed E-state index contributed by atoms with van der Waals surface area (Å²) in [5.74, 6) is 0.0365. The fourth-order valence-corrected chi connectivity index (χ4v) is 3.58. The number of hydrogen-bond donors (Lipinski definition) is 3. The van der Waals surface area contributed by atoms with Crippen LogP contribution >= 0.6 is 0 Å². The van der Waals surface area contributed by atoms with E-state index in [9.17, 15) is 9.59 Å². The summed E-state index contributed by atoms with van der Waals surface area (Å²) < 4.78 is 0. The van der Waals surface area contributed by atoms with Crippen molar-refractivity contribution in [3.8, 4) is 0 Å². The van der Waals surface area contributed by atoms with E-state index in [0.29, 0.717) is 32.0 Å². The Morgan fingerprint density at radius 2 is 1.79 bits per heavy atom. The van der Waals surface area contributed by atoms with Crippen LogP contribution < -0.4 is 16.0 Å². The number of nitrogens with zero attached hydrogens (tertiary/aromatic N) is 1. The minimum absolute atomic E-state index is 0.0365. The van der Waals surface area contributed by atoms with Crippen LogP contribution in [0.5, 0.6) is 0 Å². The maximum atomic E-state index is 12.1. The third kappa shape index (κ3) is 8.74. The van der Waals surface area contributed by atoms with Gasteiger partial charge in [-0.25, -0.2) is 4.79 Å². The van der Waals surface area contributed by atoms with E-state index in [-0.39, 0.29) is 18.0 Å². The standard InChI is InChI=1S/C22H36N4O2/c1-26(2)20(16-18-10-5-3-6-11-18)17-24-21(27)14-9-15-23-22(28)25-19-12-7-4-8-13-19/h3,5-6,10-11,19-20H,4,7-9,12-17H2,1-2H3,(H,24,27)(H2,23,25,28). The average molecular weight is 389 g/mol. The minimum atomic E-state index is -0.108. The highest BCUT2D eigenvalue weighted by Gasteiger charge is 2.16. The molecule has 0 bridgehead atoms. The summed E-state index contributed by atoms with van der Waals surface area (Å²) >= 11 is 0. The molecule has 0 saturated heterocycles. The monoisotopic (exact) mass is 388 g/mol. The molecule has 3 N–H and O–H groups in total. The third-order valence-electron chi connectivity index (χ3n) is 5.39. The fourth-order valence-electron chi connectivity index (χ4n) is 3.58. The lowest BCUT2D eigenvalue weighted by atomic mass is 9.96. The van der Waals surface area contributed by atoms with E-state index in [1.165, 1.54) is 24.8 Å². The molecule has 1 aromatic carbocycles. The van der Waals surface area contributed by atoms with Gasteiger partial charge in [0.25, 0.3) is 0 Å². The van der Waals surface area contributed by atoms with E-state index in [4.69, 9.17) is 0 Å². The lowest BCUT2D eigenvalue weighted by molar-refractivity contribution is -0.121. The summed E-state index contributed by atoms with van der Waals surface area (Å²) in [5, 5.41) is 8.92. The highest BCUT2D eigenvalue weighted by Crippen LogP contribution is 2.17. The Morgan fingerprint density at radius 3 is 2.46 bits per heavy atom. The van der Waals surface area contributed by atoms with Gasteiger partial charge in [0, 0.05) is 31.6 Å². The van der Waals surface area contributed by atoms with Gasteiger partial charge < -0.3 is 20.9 Å². The van der Waals surface area contributed by atoms with Gasteiger partial charge in [-0.15, -0.1) is 0 Å². The average Bonchev–Trinajstić information content (AvgIpc) is 2.70. The number of benzene rings is 1. The largest absolute Gasteiger partial charge is 0.355 e. The molecule has 1 aliphatic carbocycles. The van der Waals surface area contributed by atoms with E-state index >= 15 is 0 Å². The molecule has 0 aromatic heterocycles. The van der Waals surface area contributed by atoms with Gasteiger partial charge in [0.1, 0.15) is 0 Å². The molecule has 1 saturated carbocycles. The molecule has 1 aromatic rings. The number of nitrogens with one attached hydrogen (secondary N) is 3. The SMILES string of the molecule is CN(C)C(CNC(=O)CCCNC(=O)NC1CCCCC1)Cc1ccccc1. The summed E-state index contributed by atoms with van der Waals surface area (Å²) in [6, 6.07) is 10.8. The second-order valence-electron chi connectivity index (χ2n) is 7.95. The zero-order valence-electron chi connectivity index (χ0n) is 17.4. The highest BCUT2D eigenvalue weighted by molar-refractivity contribution is 5.76. The Hall–Kier alpha value is -2.08. The first-order chi connectivity index (χ1) is 13.5. The quantitative estimate of drug-likeness (QED) is 0.540. The van der Waals surface area contributed by atoms with E-state index in [2.05, 4.69) is 33.0 Å². The normalized spacial score (nSPS) is 15.8. The van der Waals surface area contributed by atoms with Crippen LogP contribution in [0.25, 0.3) is 0 Å². The first kappa shape index (κ1) is 22.2. The maximum Gasteiger partial charge on any atom is 0.315 e. The number of likely N-dealkylation sites (N-methyl/N-ethyl adjacent to an activating group) is 1. The van der Waals surface area contributed by atoms with Crippen molar-refractivity contribution in [2.24, 2.45) is 0 Å². The molecule has 0 spiro atoms. The van der Waals surface area contributed by atoms with Gasteiger partial charge in [0.2, 0.25) is 5.91 Å². The van der Waals surface area contributed by atoms with Crippen molar-refractivity contribution < 1.29 is 9.59 Å². The molecule has 156 valence electrons. The lowest BCUT2D eigenvalue weighted by Gasteiger charge is -2.25. The van der Waals surface area contributed by atoms with Gasteiger partial charge in [-0.3, -0.25) is 4.79 Å². The van der Waals surface area contributed by atoms with E-state index in [1.807, 2.05) is 32.3 Å². The predicted octanol–water partition coefficient (Wildman–Crippen LogP) is 2.69. The van der Waals surface area contributed by atoms with Crippen molar-refractivity contribution in [3.05, 3.63) is 35.9 Å². The number of carbonyl (C=O) groups is 2. The van der Waals surface area contributed by atoms with Crippen LogP contribution in [-0.2, 0) is 11.2 Å². The molecule has 1 aliphatic rings. The molecule has 6 heteroatoms. The summed E-state index contributed by atoms with van der Waals surface area (Å²) in [7, 11) is 4.07. The van der Waals surface area contributed by atoms with Crippen LogP contribution in [0.4, 0.5) is 4.79 Å². The molecular formula is C22H36N4O2. The fraction of sp³-hybridized carbons (Fsp3) is 0.636. The molecule has 1 atom stereocenters. The zero-order valence-corrected chi connectivity index (χ0v) is 17.4. The molecule has 1 unspecified atom stereocenters. The van der Waals surface area contributed by atoms with Gasteiger partial charge in [-0.05, 0) is 45.3 Å². The van der Waals surface area contributed by atoms with Crippen molar-refractivity contribution in [1.29, 1.82) is 0 Å². The second kappa shape index (κ2) is 12.4. The van der Waals surface area contributed by atoms with Crippen LogP contribution in [0.3, 0.4) is 0 Å². The first-order valence-corrected chi connectivity index (χ1v) is 10.6. The van der Waals surface area contributed by atoms with Crippen LogP contribution in [0.2, 0.25) is 0 Å². The predicted molar refractivity (Wildman–Crippen MR) is 113 cm³/mol. The summed E-state index contributed by atoms with van der Waals surface area (Å²) in [6.07, 6.45) is 7.79. The van der Waals surface area contributed by atoms with Crippen molar-refractivity contribution in [3.63, 3.8) is 0 Å². The Labute approximate surface area is 169 Å². The van der Waals surface area contributed by atoms with Gasteiger partial charge in [-0.2, -0.15) is 0 Å². The van der Waals surface area contributed by atoms with Crippen molar-refractivity contribution in [2.45, 2.75) is 63.5 Å². The molecule has 2 rings (SSSR count). The molecular weight excluding hydrogens is 352 g/mol. The Morgan fingerprint density at radius 1 is 1.07 bits per heavy atom. The number of amides is 3. The number of rotatable bonds is 10. The molecule has 0 heterocycles. The smallest absolute Gasteiger partial charge is 0.315 e. The van der Waals surface area contributed by atoms with Gasteiger partial charge in [0.15, 0.2) is 0 Å². The van der Waals surface area contributed by atoms with Gasteiger partial charge in [0.05, 0.1) is 0 Å². The molecule has 6 nitrogen and oxygen atoms in total. The van der Waals surface area contributed by atoms with E-state index in [0.717, 1.165) is 19.3 Å². The van der Waals surface area contributed by atoms with Crippen molar-refractivity contribution >= 4 is 11.9 Å². The highest BCUT2D eigenvalue weighted by atomic mass is 16.2. The molecule has 3 amide bonds. The van der Waals surface area contributed by atoms with Crippen LogP contribution in [-0.4, -0.2) is 56.1 Å². The summed E-state index contributed by atoms with van der Waals surface area (Å²) in [5.41, 5.74) is 1.27. The van der Waals surface area contributed by atoms with Gasteiger partial charge in [-0.1, -0.05) is 49.6 Å². The topological polar surface area (TPSA) is 73.5 Å². The molecule has 1 fully saturated rings. The minimum Gasteiger partial charge on any atom is -0.355 e. The zero-order chi connectivity index (χ0) is 20.2. The summed E-state index contributed by atoms with van der Waals surface area (Å²) in [6.45, 7) is 1.14. The van der Waals surface area contributed by atoms with Crippen molar-refractivity contribution in [1.82, 2.24) is 20.9 Å². The van der Waals surface area contributed by atoms with Crippen LogP contribution in [0, 0.1) is 0 Å². The number of hydrogen-bond acceptors (Lipinski definition) is 3. The Kier molecular flexibility index (Phi) is 9.83. The third-order valence-corrected chi connectivity index (χ3v) is 5.39. The van der Waals surface area contributed by atoms with Crippen LogP contribution in [0.1, 0.15) is 50.5 Å². The number of carbonyl (C=O) groups excluding carboxylic acids is 2. The van der Waals surface area contributed by atoms with E-state index in [1.54, 1.807) is 0 Å². The Balaban J connectivity index is 1.58. The Bertz CT molecular complexity index is 585. The van der Waals surface area contributed by atoms with Crippen molar-refractivity contribution in [2.75, 3.05) is 27.2 Å². The van der Waals surface area contributed by atoms with Gasteiger partial charge >= 0.3 is 6.03 Å². The second-order valence-corrected chi connectivity index (χ2v) is 7.95. The number of urea groups is 1. The molecule has 28 heavy (non-hydrogen) atoms. The van der Waals surface area contributed by atoms with Crippen LogP contribution in [0.15, 0.2) is 30.3 Å². The summed E-state index contributed by atoms with van der Waals surface area (Å²) in [4.78, 5) is 26.2. The maximum absolute atomic E-state index is 12.1. The first-order valence-electron chi connectivity index (χ1n) is 10.6.